The predicted octanol–water partition coefficient (Wildman–Crippen LogP) is 0.719. The van der Waals surface area contributed by atoms with Crippen LogP contribution >= 0.6 is 15.9 Å². The van der Waals surface area contributed by atoms with Crippen molar-refractivity contribution in [3.8, 4) is 0 Å². The third-order valence-corrected chi connectivity index (χ3v) is 2.60. The van der Waals surface area contributed by atoms with E-state index in [0.717, 1.165) is 4.60 Å². The molecule has 0 radical (unpaired) electrons. The van der Waals surface area contributed by atoms with E-state index in [1.807, 2.05) is 6.92 Å². The highest BCUT2D eigenvalue weighted by Gasteiger charge is 2.26. The van der Waals surface area contributed by atoms with Crippen molar-refractivity contribution < 1.29 is 9.84 Å². The SMILES string of the molecule is Cc1nc(Br)cc(NC2COCC2O)n1. The van der Waals surface area contributed by atoms with Crippen LogP contribution in [0.15, 0.2) is 10.7 Å². The zero-order valence-corrected chi connectivity index (χ0v) is 9.86. The molecule has 0 saturated carbocycles. The number of anilines is 1. The van der Waals surface area contributed by atoms with Crippen molar-refractivity contribution in [2.24, 2.45) is 0 Å². The number of ether oxygens (including phenoxy) is 1. The molecule has 0 aromatic carbocycles. The van der Waals surface area contributed by atoms with E-state index in [0.29, 0.717) is 24.9 Å². The van der Waals surface area contributed by atoms with E-state index in [1.165, 1.54) is 0 Å². The summed E-state index contributed by atoms with van der Waals surface area (Å²) >= 11 is 3.29. The standard InChI is InChI=1S/C9H12BrN3O2/c1-5-11-8(10)2-9(12-5)13-6-3-15-4-7(6)14/h2,6-7,14H,3-4H2,1H3,(H,11,12,13). The zero-order valence-electron chi connectivity index (χ0n) is 8.27. The molecule has 82 valence electrons. The molecule has 1 aromatic heterocycles. The first-order valence-corrected chi connectivity index (χ1v) is 5.48. The minimum absolute atomic E-state index is 0.0915. The summed E-state index contributed by atoms with van der Waals surface area (Å²) in [5.74, 6) is 1.38. The maximum absolute atomic E-state index is 9.55. The first-order valence-electron chi connectivity index (χ1n) is 4.68. The zero-order chi connectivity index (χ0) is 10.8. The average Bonchev–Trinajstić information content (AvgIpc) is 2.50. The molecule has 2 rings (SSSR count). The van der Waals surface area contributed by atoms with Gasteiger partial charge in [0.25, 0.3) is 0 Å². The van der Waals surface area contributed by atoms with Gasteiger partial charge in [0.1, 0.15) is 16.2 Å². The second-order valence-corrected chi connectivity index (χ2v) is 4.29. The van der Waals surface area contributed by atoms with Gasteiger partial charge in [-0.05, 0) is 22.9 Å². The maximum atomic E-state index is 9.55. The van der Waals surface area contributed by atoms with Crippen LogP contribution in [0, 0.1) is 6.92 Å². The number of aliphatic hydroxyl groups excluding tert-OH is 1. The van der Waals surface area contributed by atoms with Crippen LogP contribution in [-0.4, -0.2) is 40.4 Å². The number of hydrogen-bond acceptors (Lipinski definition) is 5. The fraction of sp³-hybridized carbons (Fsp3) is 0.556. The summed E-state index contributed by atoms with van der Waals surface area (Å²) in [6.45, 7) is 2.70. The highest BCUT2D eigenvalue weighted by Crippen LogP contribution is 2.16. The normalized spacial score (nSPS) is 25.5. The first kappa shape index (κ1) is 10.8. The van der Waals surface area contributed by atoms with Crippen molar-refractivity contribution in [3.63, 3.8) is 0 Å². The minimum atomic E-state index is -0.473. The van der Waals surface area contributed by atoms with Gasteiger partial charge in [0.15, 0.2) is 0 Å². The van der Waals surface area contributed by atoms with Crippen LogP contribution < -0.4 is 5.32 Å². The molecule has 15 heavy (non-hydrogen) atoms. The molecular formula is C9H12BrN3O2. The van der Waals surface area contributed by atoms with E-state index < -0.39 is 6.10 Å². The fourth-order valence-corrected chi connectivity index (χ4v) is 1.95. The molecule has 1 saturated heterocycles. The van der Waals surface area contributed by atoms with E-state index in [9.17, 15) is 5.11 Å². The molecule has 2 unspecified atom stereocenters. The largest absolute Gasteiger partial charge is 0.388 e. The Balaban J connectivity index is 2.10. The molecule has 2 N–H and O–H groups in total. The number of nitrogens with zero attached hydrogens (tertiary/aromatic N) is 2. The second-order valence-electron chi connectivity index (χ2n) is 3.48. The van der Waals surface area contributed by atoms with E-state index in [4.69, 9.17) is 4.74 Å². The van der Waals surface area contributed by atoms with E-state index in [-0.39, 0.29) is 6.04 Å². The van der Waals surface area contributed by atoms with Gasteiger partial charge in [-0.25, -0.2) is 9.97 Å². The van der Waals surface area contributed by atoms with E-state index >= 15 is 0 Å². The van der Waals surface area contributed by atoms with Crippen LogP contribution in [0.1, 0.15) is 5.82 Å². The Kier molecular flexibility index (Phi) is 3.18. The molecule has 5 nitrogen and oxygen atoms in total. The number of aryl methyl sites for hydroxylation is 1. The summed E-state index contributed by atoms with van der Waals surface area (Å²) < 4.78 is 5.86. The number of aromatic nitrogens is 2. The summed E-state index contributed by atoms with van der Waals surface area (Å²) in [4.78, 5) is 8.31. The summed E-state index contributed by atoms with van der Waals surface area (Å²) in [6, 6.07) is 1.68. The first-order chi connectivity index (χ1) is 7.15. The number of halogens is 1. The van der Waals surface area contributed by atoms with Gasteiger partial charge in [0.2, 0.25) is 0 Å². The molecule has 0 amide bonds. The van der Waals surface area contributed by atoms with Gasteiger partial charge in [0, 0.05) is 6.07 Å². The van der Waals surface area contributed by atoms with Gasteiger partial charge in [-0.2, -0.15) is 0 Å². The third-order valence-electron chi connectivity index (χ3n) is 2.19. The lowest BCUT2D eigenvalue weighted by atomic mass is 10.2. The van der Waals surface area contributed by atoms with Gasteiger partial charge in [-0.1, -0.05) is 0 Å². The Morgan fingerprint density at radius 2 is 2.33 bits per heavy atom. The topological polar surface area (TPSA) is 67.3 Å². The van der Waals surface area contributed by atoms with Crippen molar-refractivity contribution in [3.05, 3.63) is 16.5 Å². The predicted molar refractivity (Wildman–Crippen MR) is 58.7 cm³/mol. The van der Waals surface area contributed by atoms with Crippen LogP contribution in [0.3, 0.4) is 0 Å². The lowest BCUT2D eigenvalue weighted by Gasteiger charge is -2.15. The summed E-state index contributed by atoms with van der Waals surface area (Å²) in [5.41, 5.74) is 0. The van der Waals surface area contributed by atoms with Crippen molar-refractivity contribution >= 4 is 21.7 Å². The van der Waals surface area contributed by atoms with Crippen molar-refractivity contribution in [1.29, 1.82) is 0 Å². The fourth-order valence-electron chi connectivity index (χ4n) is 1.48. The van der Waals surface area contributed by atoms with Gasteiger partial charge < -0.3 is 15.2 Å². The van der Waals surface area contributed by atoms with Gasteiger partial charge >= 0.3 is 0 Å². The number of rotatable bonds is 2. The summed E-state index contributed by atoms with van der Waals surface area (Å²) in [6.07, 6.45) is -0.473. The lowest BCUT2D eigenvalue weighted by molar-refractivity contribution is 0.125. The Morgan fingerprint density at radius 3 is 2.93 bits per heavy atom. The molecule has 1 fully saturated rings. The van der Waals surface area contributed by atoms with Crippen LogP contribution in [0.2, 0.25) is 0 Å². The number of aliphatic hydroxyl groups is 1. The van der Waals surface area contributed by atoms with Crippen molar-refractivity contribution in [1.82, 2.24) is 9.97 Å². The maximum Gasteiger partial charge on any atom is 0.131 e. The average molecular weight is 274 g/mol. The van der Waals surface area contributed by atoms with Crippen LogP contribution in [0.4, 0.5) is 5.82 Å². The molecule has 2 heterocycles. The highest BCUT2D eigenvalue weighted by molar-refractivity contribution is 9.10. The Hall–Kier alpha value is -0.720. The second kappa shape index (κ2) is 4.42. The molecule has 1 aliphatic heterocycles. The van der Waals surface area contributed by atoms with Gasteiger partial charge in [0.05, 0.1) is 25.4 Å². The lowest BCUT2D eigenvalue weighted by Crippen LogP contribution is -2.32. The van der Waals surface area contributed by atoms with Gasteiger partial charge in [-0.3, -0.25) is 0 Å². The molecule has 6 heteroatoms. The molecule has 0 bridgehead atoms. The molecule has 0 spiro atoms. The Labute approximate surface area is 96.0 Å². The summed E-state index contributed by atoms with van der Waals surface area (Å²) in [5, 5.41) is 12.7. The minimum Gasteiger partial charge on any atom is -0.388 e. The van der Waals surface area contributed by atoms with Crippen molar-refractivity contribution in [2.75, 3.05) is 18.5 Å². The molecule has 1 aliphatic rings. The Morgan fingerprint density at radius 1 is 1.53 bits per heavy atom. The monoisotopic (exact) mass is 273 g/mol. The van der Waals surface area contributed by atoms with E-state index in [1.54, 1.807) is 6.07 Å². The van der Waals surface area contributed by atoms with E-state index in [2.05, 4.69) is 31.2 Å². The van der Waals surface area contributed by atoms with Crippen LogP contribution in [-0.2, 0) is 4.74 Å². The smallest absolute Gasteiger partial charge is 0.131 e. The Bertz CT molecular complexity index is 341. The van der Waals surface area contributed by atoms with Gasteiger partial charge in [-0.15, -0.1) is 0 Å². The highest BCUT2D eigenvalue weighted by atomic mass is 79.9. The van der Waals surface area contributed by atoms with Crippen molar-refractivity contribution in [2.45, 2.75) is 19.1 Å². The molecular weight excluding hydrogens is 262 g/mol. The van der Waals surface area contributed by atoms with Crippen LogP contribution in [0.5, 0.6) is 0 Å². The third kappa shape index (κ3) is 2.64. The molecule has 1 aromatic rings. The molecule has 2 atom stereocenters. The number of nitrogens with one attached hydrogen (secondary N) is 1. The quantitative estimate of drug-likeness (QED) is 0.778. The van der Waals surface area contributed by atoms with Crippen LogP contribution in [0.25, 0.3) is 0 Å². The number of hydrogen-bond donors (Lipinski definition) is 2. The summed E-state index contributed by atoms with van der Waals surface area (Å²) in [7, 11) is 0. The molecule has 0 aliphatic carbocycles.